The molecule has 0 radical (unpaired) electrons. The summed E-state index contributed by atoms with van der Waals surface area (Å²) in [6.45, 7) is 6.58. The first-order chi connectivity index (χ1) is 5.53. The Hall–Kier alpha value is -0.590. The molecule has 0 saturated heterocycles. The van der Waals surface area contributed by atoms with Gasteiger partial charge in [0.1, 0.15) is 0 Å². The molecule has 0 amide bonds. The van der Waals surface area contributed by atoms with E-state index in [1.54, 1.807) is 0 Å². The van der Waals surface area contributed by atoms with E-state index >= 15 is 0 Å². The predicted molar refractivity (Wildman–Crippen MR) is 48.8 cm³/mol. The van der Waals surface area contributed by atoms with E-state index < -0.39 is 0 Å². The van der Waals surface area contributed by atoms with Crippen molar-refractivity contribution in [2.45, 2.75) is 33.6 Å². The third kappa shape index (κ3) is 0.825. The van der Waals surface area contributed by atoms with E-state index in [-0.39, 0.29) is 5.41 Å². The number of fused-ring (bicyclic) bond motifs is 2. The van der Waals surface area contributed by atoms with Gasteiger partial charge in [0.05, 0.1) is 0 Å². The SMILES string of the molecule is CC1=CC(=O)C2CCC1C2(C)C. The first-order valence-corrected chi connectivity index (χ1v) is 4.75. The predicted octanol–water partition coefficient (Wildman–Crippen LogP) is 2.57. The van der Waals surface area contributed by atoms with Crippen LogP contribution in [0.25, 0.3) is 0 Å². The molecule has 0 aromatic heterocycles. The summed E-state index contributed by atoms with van der Waals surface area (Å²) in [6.07, 6.45) is 4.18. The molecular weight excluding hydrogens is 148 g/mol. The standard InChI is InChI=1S/C11H16O/c1-7-6-10(12)9-5-4-8(7)11(9,2)3/h6,8-9H,4-5H2,1-3H3. The quantitative estimate of drug-likeness (QED) is 0.537. The van der Waals surface area contributed by atoms with Gasteiger partial charge in [-0.2, -0.15) is 0 Å². The summed E-state index contributed by atoms with van der Waals surface area (Å²) in [6, 6.07) is 0. The van der Waals surface area contributed by atoms with Crippen LogP contribution in [0.3, 0.4) is 0 Å². The highest BCUT2D eigenvalue weighted by molar-refractivity contribution is 5.94. The van der Waals surface area contributed by atoms with Crippen LogP contribution in [0.4, 0.5) is 0 Å². The average molecular weight is 164 g/mol. The lowest BCUT2D eigenvalue weighted by molar-refractivity contribution is -0.121. The van der Waals surface area contributed by atoms with Gasteiger partial charge in [0.2, 0.25) is 0 Å². The molecule has 0 spiro atoms. The lowest BCUT2D eigenvalue weighted by Crippen LogP contribution is -2.34. The molecular formula is C11H16O. The lowest BCUT2D eigenvalue weighted by atomic mass is 9.68. The lowest BCUT2D eigenvalue weighted by Gasteiger charge is -2.36. The Morgan fingerprint density at radius 1 is 1.33 bits per heavy atom. The molecule has 2 aliphatic rings. The Labute approximate surface area is 73.8 Å². The van der Waals surface area contributed by atoms with Gasteiger partial charge in [-0.05, 0) is 37.2 Å². The van der Waals surface area contributed by atoms with E-state index in [4.69, 9.17) is 0 Å². The Morgan fingerprint density at radius 2 is 1.92 bits per heavy atom. The molecule has 12 heavy (non-hydrogen) atoms. The van der Waals surface area contributed by atoms with Gasteiger partial charge in [0.25, 0.3) is 0 Å². The zero-order valence-corrected chi connectivity index (χ0v) is 8.05. The van der Waals surface area contributed by atoms with E-state index in [0.717, 1.165) is 6.42 Å². The van der Waals surface area contributed by atoms with Crippen molar-refractivity contribution in [3.63, 3.8) is 0 Å². The van der Waals surface area contributed by atoms with Crippen LogP contribution < -0.4 is 0 Å². The van der Waals surface area contributed by atoms with Crippen LogP contribution in [0, 0.1) is 17.3 Å². The maximum absolute atomic E-state index is 11.6. The number of carbonyl (C=O) groups excluding carboxylic acids is 1. The fourth-order valence-corrected chi connectivity index (χ4v) is 3.07. The van der Waals surface area contributed by atoms with Crippen molar-refractivity contribution in [3.8, 4) is 0 Å². The van der Waals surface area contributed by atoms with E-state index in [9.17, 15) is 4.79 Å². The van der Waals surface area contributed by atoms with Crippen molar-refractivity contribution < 1.29 is 4.79 Å². The van der Waals surface area contributed by atoms with Gasteiger partial charge in [-0.1, -0.05) is 19.4 Å². The molecule has 0 aromatic rings. The maximum atomic E-state index is 11.6. The van der Waals surface area contributed by atoms with Gasteiger partial charge in [-0.3, -0.25) is 4.79 Å². The topological polar surface area (TPSA) is 17.1 Å². The van der Waals surface area contributed by atoms with Gasteiger partial charge in [-0.25, -0.2) is 0 Å². The van der Waals surface area contributed by atoms with Gasteiger partial charge < -0.3 is 0 Å². The van der Waals surface area contributed by atoms with Crippen LogP contribution in [0.15, 0.2) is 11.6 Å². The Bertz CT molecular complexity index is 260. The van der Waals surface area contributed by atoms with E-state index in [0.29, 0.717) is 17.6 Å². The van der Waals surface area contributed by atoms with Crippen molar-refractivity contribution in [1.29, 1.82) is 0 Å². The van der Waals surface area contributed by atoms with E-state index in [2.05, 4.69) is 20.8 Å². The summed E-state index contributed by atoms with van der Waals surface area (Å²) in [5.74, 6) is 1.35. The van der Waals surface area contributed by atoms with E-state index in [1.807, 2.05) is 6.08 Å². The number of hydrogen-bond donors (Lipinski definition) is 0. The second-order valence-electron chi connectivity index (χ2n) is 4.79. The third-order valence-corrected chi connectivity index (χ3v) is 3.80. The number of carbonyl (C=O) groups is 1. The van der Waals surface area contributed by atoms with Crippen LogP contribution in [-0.2, 0) is 4.79 Å². The summed E-state index contributed by atoms with van der Waals surface area (Å²) >= 11 is 0. The zero-order chi connectivity index (χ0) is 8.93. The van der Waals surface area contributed by atoms with Gasteiger partial charge in [-0.15, -0.1) is 0 Å². The largest absolute Gasteiger partial charge is 0.295 e. The second kappa shape index (κ2) is 2.21. The highest BCUT2D eigenvalue weighted by Gasteiger charge is 2.48. The van der Waals surface area contributed by atoms with Gasteiger partial charge >= 0.3 is 0 Å². The molecule has 0 N–H and O–H groups in total. The van der Waals surface area contributed by atoms with E-state index in [1.165, 1.54) is 12.0 Å². The molecule has 66 valence electrons. The number of rotatable bonds is 0. The molecule has 0 heterocycles. The molecule has 2 unspecified atom stereocenters. The minimum absolute atomic E-state index is 0.232. The zero-order valence-electron chi connectivity index (χ0n) is 8.05. The second-order valence-corrected chi connectivity index (χ2v) is 4.79. The third-order valence-electron chi connectivity index (χ3n) is 3.80. The monoisotopic (exact) mass is 164 g/mol. The molecule has 1 heteroatoms. The summed E-state index contributed by atoms with van der Waals surface area (Å²) in [4.78, 5) is 11.6. The fraction of sp³-hybridized carbons (Fsp3) is 0.727. The van der Waals surface area contributed by atoms with Crippen molar-refractivity contribution in [2.24, 2.45) is 17.3 Å². The Morgan fingerprint density at radius 3 is 2.58 bits per heavy atom. The Kier molecular flexibility index (Phi) is 1.48. The fourth-order valence-electron chi connectivity index (χ4n) is 3.07. The van der Waals surface area contributed by atoms with Crippen molar-refractivity contribution in [2.75, 3.05) is 0 Å². The van der Waals surface area contributed by atoms with Gasteiger partial charge in [0.15, 0.2) is 5.78 Å². The van der Waals surface area contributed by atoms with Gasteiger partial charge in [0, 0.05) is 5.92 Å². The van der Waals surface area contributed by atoms with Crippen LogP contribution in [-0.4, -0.2) is 5.78 Å². The minimum atomic E-state index is 0.232. The minimum Gasteiger partial charge on any atom is -0.295 e. The van der Waals surface area contributed by atoms with Crippen LogP contribution >= 0.6 is 0 Å². The highest BCUT2D eigenvalue weighted by Crippen LogP contribution is 2.53. The van der Waals surface area contributed by atoms with Crippen LogP contribution in [0.1, 0.15) is 33.6 Å². The molecule has 1 saturated carbocycles. The van der Waals surface area contributed by atoms with Crippen LogP contribution in [0.2, 0.25) is 0 Å². The summed E-state index contributed by atoms with van der Waals surface area (Å²) < 4.78 is 0. The maximum Gasteiger partial charge on any atom is 0.159 e. The molecule has 1 nitrogen and oxygen atoms in total. The first-order valence-electron chi connectivity index (χ1n) is 4.75. The summed E-state index contributed by atoms with van der Waals surface area (Å²) in [7, 11) is 0. The van der Waals surface area contributed by atoms with Crippen molar-refractivity contribution in [1.82, 2.24) is 0 Å². The Balaban J connectivity index is 2.47. The highest BCUT2D eigenvalue weighted by atomic mass is 16.1. The first kappa shape index (κ1) is 8.03. The summed E-state index contributed by atoms with van der Waals surface area (Å²) in [5, 5.41) is 0. The molecule has 2 aliphatic carbocycles. The van der Waals surface area contributed by atoms with Crippen LogP contribution in [0.5, 0.6) is 0 Å². The molecule has 2 rings (SSSR count). The molecule has 1 fully saturated rings. The van der Waals surface area contributed by atoms with Crippen molar-refractivity contribution in [3.05, 3.63) is 11.6 Å². The smallest absolute Gasteiger partial charge is 0.159 e. The average Bonchev–Trinajstić information content (AvgIpc) is 2.13. The number of ketones is 1. The number of hydrogen-bond acceptors (Lipinski definition) is 1. The molecule has 2 bridgehead atoms. The normalized spacial score (nSPS) is 38.2. The number of allylic oxidation sites excluding steroid dienone is 2. The molecule has 2 atom stereocenters. The summed E-state index contributed by atoms with van der Waals surface area (Å²) in [5.41, 5.74) is 1.54. The van der Waals surface area contributed by atoms with Crippen molar-refractivity contribution >= 4 is 5.78 Å². The molecule has 0 aromatic carbocycles. The molecule has 0 aliphatic heterocycles.